The van der Waals surface area contributed by atoms with Gasteiger partial charge < -0.3 is 16.8 Å². The first-order chi connectivity index (χ1) is 7.58. The van der Waals surface area contributed by atoms with Gasteiger partial charge in [0, 0.05) is 18.3 Å². The van der Waals surface area contributed by atoms with E-state index in [1.165, 1.54) is 0 Å². The Labute approximate surface area is 94.2 Å². The molecule has 0 bridgehead atoms. The average molecular weight is 220 g/mol. The first-order valence-corrected chi connectivity index (χ1v) is 5.35. The lowest BCUT2D eigenvalue weighted by atomic mass is 9.87. The summed E-state index contributed by atoms with van der Waals surface area (Å²) in [5, 5.41) is 3.21. The van der Waals surface area contributed by atoms with Gasteiger partial charge in [-0.15, -0.1) is 0 Å². The van der Waals surface area contributed by atoms with E-state index in [0.29, 0.717) is 17.4 Å². The molecule has 1 aromatic heterocycles. The molecule has 5 N–H and O–H groups in total. The summed E-state index contributed by atoms with van der Waals surface area (Å²) in [6, 6.07) is 2.35. The molecule has 2 rings (SSSR count). The molecule has 0 aliphatic heterocycles. The molecule has 16 heavy (non-hydrogen) atoms. The number of primary amides is 1. The number of carbonyl (C=O) groups excluding carboxylic acids is 1. The highest BCUT2D eigenvalue weighted by atomic mass is 16.1. The van der Waals surface area contributed by atoms with Crippen molar-refractivity contribution in [2.45, 2.75) is 31.8 Å². The lowest BCUT2D eigenvalue weighted by molar-refractivity contribution is 0.1000. The van der Waals surface area contributed by atoms with Crippen molar-refractivity contribution in [3.8, 4) is 0 Å². The standard InChI is InChI=1S/C11H16N4O/c1-6-2-3-14-11(9(6)10(13)16)15-8-4-7(12)5-8/h2-3,7-8H,4-5,12H2,1H3,(H2,13,16)(H,14,15). The average Bonchev–Trinajstić information content (AvgIpc) is 2.14. The second-order valence-electron chi connectivity index (χ2n) is 4.29. The Morgan fingerprint density at radius 1 is 1.56 bits per heavy atom. The van der Waals surface area contributed by atoms with Crippen molar-refractivity contribution in [1.29, 1.82) is 0 Å². The summed E-state index contributed by atoms with van der Waals surface area (Å²) < 4.78 is 0. The van der Waals surface area contributed by atoms with Crippen molar-refractivity contribution in [2.75, 3.05) is 5.32 Å². The van der Waals surface area contributed by atoms with Crippen LogP contribution in [0, 0.1) is 6.92 Å². The van der Waals surface area contributed by atoms with Crippen molar-refractivity contribution in [2.24, 2.45) is 11.5 Å². The van der Waals surface area contributed by atoms with Gasteiger partial charge in [-0.05, 0) is 31.4 Å². The van der Waals surface area contributed by atoms with Gasteiger partial charge >= 0.3 is 0 Å². The Bertz CT molecular complexity index is 412. The van der Waals surface area contributed by atoms with Crippen molar-refractivity contribution < 1.29 is 4.79 Å². The van der Waals surface area contributed by atoms with Gasteiger partial charge in [-0.2, -0.15) is 0 Å². The molecule has 0 unspecified atom stereocenters. The van der Waals surface area contributed by atoms with Gasteiger partial charge in [0.15, 0.2) is 0 Å². The molecule has 0 atom stereocenters. The fourth-order valence-corrected chi connectivity index (χ4v) is 1.95. The molecule has 1 saturated carbocycles. The third kappa shape index (κ3) is 1.99. The molecule has 1 aliphatic carbocycles. The fraction of sp³-hybridized carbons (Fsp3) is 0.455. The Kier molecular flexibility index (Phi) is 2.78. The zero-order chi connectivity index (χ0) is 11.7. The van der Waals surface area contributed by atoms with E-state index >= 15 is 0 Å². The molecule has 5 nitrogen and oxygen atoms in total. The van der Waals surface area contributed by atoms with Crippen molar-refractivity contribution in [3.05, 3.63) is 23.4 Å². The van der Waals surface area contributed by atoms with Crippen LogP contribution in [0.5, 0.6) is 0 Å². The summed E-state index contributed by atoms with van der Waals surface area (Å²) >= 11 is 0. The number of aryl methyl sites for hydroxylation is 1. The Morgan fingerprint density at radius 2 is 2.25 bits per heavy atom. The van der Waals surface area contributed by atoms with E-state index in [2.05, 4.69) is 10.3 Å². The number of nitrogens with one attached hydrogen (secondary N) is 1. The lowest BCUT2D eigenvalue weighted by Gasteiger charge is -2.33. The zero-order valence-corrected chi connectivity index (χ0v) is 9.23. The zero-order valence-electron chi connectivity index (χ0n) is 9.23. The van der Waals surface area contributed by atoms with Crippen LogP contribution in [0.2, 0.25) is 0 Å². The Hall–Kier alpha value is -1.62. The Balaban J connectivity index is 2.19. The molecule has 86 valence electrons. The van der Waals surface area contributed by atoms with Crippen LogP contribution in [0.15, 0.2) is 12.3 Å². The number of hydrogen-bond donors (Lipinski definition) is 3. The molecule has 1 amide bonds. The van der Waals surface area contributed by atoms with Crippen LogP contribution in [0.1, 0.15) is 28.8 Å². The highest BCUT2D eigenvalue weighted by Gasteiger charge is 2.27. The van der Waals surface area contributed by atoms with Crippen LogP contribution in [0.3, 0.4) is 0 Å². The third-order valence-corrected chi connectivity index (χ3v) is 2.92. The number of anilines is 1. The van der Waals surface area contributed by atoms with E-state index in [1.807, 2.05) is 6.92 Å². The summed E-state index contributed by atoms with van der Waals surface area (Å²) in [7, 11) is 0. The van der Waals surface area contributed by atoms with Gasteiger partial charge in [0.05, 0.1) is 5.56 Å². The highest BCUT2D eigenvalue weighted by Crippen LogP contribution is 2.24. The van der Waals surface area contributed by atoms with Crippen LogP contribution in [-0.2, 0) is 0 Å². The van der Waals surface area contributed by atoms with Crippen LogP contribution < -0.4 is 16.8 Å². The SMILES string of the molecule is Cc1ccnc(NC2CC(N)C2)c1C(N)=O. The van der Waals surface area contributed by atoms with Gasteiger partial charge in [0.2, 0.25) is 0 Å². The van der Waals surface area contributed by atoms with E-state index < -0.39 is 5.91 Å². The molecule has 0 saturated heterocycles. The molecule has 0 aromatic carbocycles. The maximum absolute atomic E-state index is 11.3. The number of rotatable bonds is 3. The van der Waals surface area contributed by atoms with E-state index in [4.69, 9.17) is 11.5 Å². The maximum atomic E-state index is 11.3. The maximum Gasteiger partial charge on any atom is 0.252 e. The number of amides is 1. The van der Waals surface area contributed by atoms with Gasteiger partial charge in [0.25, 0.3) is 5.91 Å². The van der Waals surface area contributed by atoms with Gasteiger partial charge in [0.1, 0.15) is 5.82 Å². The van der Waals surface area contributed by atoms with E-state index in [1.54, 1.807) is 12.3 Å². The Morgan fingerprint density at radius 3 is 2.81 bits per heavy atom. The molecule has 1 heterocycles. The largest absolute Gasteiger partial charge is 0.367 e. The van der Waals surface area contributed by atoms with Crippen molar-refractivity contribution >= 4 is 11.7 Å². The summed E-state index contributed by atoms with van der Waals surface area (Å²) in [6.45, 7) is 1.85. The minimum Gasteiger partial charge on any atom is -0.367 e. The number of pyridine rings is 1. The van der Waals surface area contributed by atoms with Crippen LogP contribution in [0.4, 0.5) is 5.82 Å². The molecule has 0 spiro atoms. The van der Waals surface area contributed by atoms with Crippen LogP contribution in [-0.4, -0.2) is 23.0 Å². The first kappa shape index (κ1) is 10.9. The molecule has 0 radical (unpaired) electrons. The monoisotopic (exact) mass is 220 g/mol. The second-order valence-corrected chi connectivity index (χ2v) is 4.29. The fourth-order valence-electron chi connectivity index (χ4n) is 1.95. The normalized spacial score (nSPS) is 23.6. The lowest BCUT2D eigenvalue weighted by Crippen LogP contribution is -2.44. The van der Waals surface area contributed by atoms with Gasteiger partial charge in [-0.3, -0.25) is 4.79 Å². The van der Waals surface area contributed by atoms with E-state index in [9.17, 15) is 4.79 Å². The minimum absolute atomic E-state index is 0.263. The molecule has 5 heteroatoms. The smallest absolute Gasteiger partial charge is 0.252 e. The molecule has 1 aromatic rings. The number of nitrogens with two attached hydrogens (primary N) is 2. The van der Waals surface area contributed by atoms with Gasteiger partial charge in [-0.25, -0.2) is 4.98 Å². The number of nitrogens with zero attached hydrogens (tertiary/aromatic N) is 1. The van der Waals surface area contributed by atoms with Crippen molar-refractivity contribution in [3.63, 3.8) is 0 Å². The summed E-state index contributed by atoms with van der Waals surface area (Å²) in [6.07, 6.45) is 3.49. The predicted molar refractivity (Wildman–Crippen MR) is 62.1 cm³/mol. The molecular weight excluding hydrogens is 204 g/mol. The molecular formula is C11H16N4O. The summed E-state index contributed by atoms with van der Waals surface area (Å²) in [5.74, 6) is 0.126. The third-order valence-electron chi connectivity index (χ3n) is 2.92. The van der Waals surface area contributed by atoms with Crippen LogP contribution in [0.25, 0.3) is 0 Å². The van der Waals surface area contributed by atoms with E-state index in [0.717, 1.165) is 18.4 Å². The minimum atomic E-state index is -0.447. The van der Waals surface area contributed by atoms with E-state index in [-0.39, 0.29) is 6.04 Å². The number of hydrogen-bond acceptors (Lipinski definition) is 4. The van der Waals surface area contributed by atoms with Gasteiger partial charge in [-0.1, -0.05) is 0 Å². The predicted octanol–water partition coefficient (Wildman–Crippen LogP) is 0.391. The molecule has 1 fully saturated rings. The van der Waals surface area contributed by atoms with Crippen LogP contribution >= 0.6 is 0 Å². The molecule has 1 aliphatic rings. The number of aromatic nitrogens is 1. The first-order valence-electron chi connectivity index (χ1n) is 5.35. The number of carbonyl (C=O) groups is 1. The van der Waals surface area contributed by atoms with Crippen molar-refractivity contribution in [1.82, 2.24) is 4.98 Å². The summed E-state index contributed by atoms with van der Waals surface area (Å²) in [5.41, 5.74) is 12.3. The quantitative estimate of drug-likeness (QED) is 0.686. The summed E-state index contributed by atoms with van der Waals surface area (Å²) in [4.78, 5) is 15.5. The second kappa shape index (κ2) is 4.09. The topological polar surface area (TPSA) is 94.0 Å². The highest BCUT2D eigenvalue weighted by molar-refractivity contribution is 5.99.